The van der Waals surface area contributed by atoms with Crippen molar-refractivity contribution in [2.45, 2.75) is 33.3 Å². The van der Waals surface area contributed by atoms with E-state index >= 15 is 0 Å². The Morgan fingerprint density at radius 3 is 1.92 bits per heavy atom. The molecule has 0 radical (unpaired) electrons. The first-order chi connectivity index (χ1) is 5.40. The van der Waals surface area contributed by atoms with Gasteiger partial charge in [0.05, 0.1) is 11.6 Å². The molecule has 0 amide bonds. The zero-order chi connectivity index (χ0) is 9.78. The van der Waals surface area contributed by atoms with E-state index < -0.39 is 5.60 Å². The Kier molecular flexibility index (Phi) is 3.31. The summed E-state index contributed by atoms with van der Waals surface area (Å²) in [4.78, 5) is 0. The summed E-state index contributed by atoms with van der Waals surface area (Å²) in [5.74, 6) is 0.102. The standard InChI is InChI=1S/C9H12N2O/c1-7(5-10)8(6-11)12-9(2,3)4/h1-4H3. The largest absolute Gasteiger partial charge is 0.477 e. The lowest BCUT2D eigenvalue weighted by molar-refractivity contribution is 0.0604. The molecule has 0 bridgehead atoms. The third kappa shape index (κ3) is 3.63. The van der Waals surface area contributed by atoms with Crippen molar-refractivity contribution in [3.05, 3.63) is 11.3 Å². The van der Waals surface area contributed by atoms with Crippen LogP contribution in [-0.2, 0) is 4.74 Å². The van der Waals surface area contributed by atoms with Gasteiger partial charge < -0.3 is 4.74 Å². The molecule has 0 aliphatic carbocycles. The maximum absolute atomic E-state index is 8.61. The van der Waals surface area contributed by atoms with Crippen molar-refractivity contribution in [2.75, 3.05) is 0 Å². The van der Waals surface area contributed by atoms with Gasteiger partial charge in [0.15, 0.2) is 0 Å². The fraction of sp³-hybridized carbons (Fsp3) is 0.556. The van der Waals surface area contributed by atoms with Gasteiger partial charge in [0.2, 0.25) is 5.76 Å². The Bertz CT molecular complexity index is 270. The molecule has 0 N–H and O–H groups in total. The van der Waals surface area contributed by atoms with Crippen LogP contribution in [0.3, 0.4) is 0 Å². The van der Waals surface area contributed by atoms with Crippen LogP contribution in [0.15, 0.2) is 11.3 Å². The van der Waals surface area contributed by atoms with E-state index in [4.69, 9.17) is 15.3 Å². The molecule has 0 spiro atoms. The zero-order valence-corrected chi connectivity index (χ0v) is 7.80. The van der Waals surface area contributed by atoms with Crippen LogP contribution in [0.2, 0.25) is 0 Å². The first-order valence-corrected chi connectivity index (χ1v) is 3.61. The van der Waals surface area contributed by atoms with Crippen LogP contribution in [0.4, 0.5) is 0 Å². The molecule has 0 unspecified atom stereocenters. The number of hydrogen-bond donors (Lipinski definition) is 0. The quantitative estimate of drug-likeness (QED) is 0.440. The molecule has 0 aromatic rings. The second-order valence-corrected chi connectivity index (χ2v) is 3.39. The van der Waals surface area contributed by atoms with E-state index in [1.807, 2.05) is 32.9 Å². The van der Waals surface area contributed by atoms with Crippen molar-refractivity contribution >= 4 is 0 Å². The Hall–Kier alpha value is -1.48. The molecule has 0 fully saturated rings. The second kappa shape index (κ2) is 3.78. The summed E-state index contributed by atoms with van der Waals surface area (Å²) in [6.07, 6.45) is 0. The predicted octanol–water partition coefficient (Wildman–Crippen LogP) is 2.12. The zero-order valence-electron chi connectivity index (χ0n) is 7.80. The Balaban J connectivity index is 4.68. The summed E-state index contributed by atoms with van der Waals surface area (Å²) in [6.45, 7) is 7.04. The van der Waals surface area contributed by atoms with Gasteiger partial charge in [0.25, 0.3) is 0 Å². The van der Waals surface area contributed by atoms with Crippen LogP contribution >= 0.6 is 0 Å². The maximum atomic E-state index is 8.61. The highest BCUT2D eigenvalue weighted by Gasteiger charge is 2.15. The van der Waals surface area contributed by atoms with E-state index in [9.17, 15) is 0 Å². The van der Waals surface area contributed by atoms with E-state index in [1.165, 1.54) is 0 Å². The number of allylic oxidation sites excluding steroid dienone is 2. The van der Waals surface area contributed by atoms with E-state index in [0.29, 0.717) is 5.57 Å². The molecule has 0 aromatic heterocycles. The second-order valence-electron chi connectivity index (χ2n) is 3.39. The minimum absolute atomic E-state index is 0.102. The van der Waals surface area contributed by atoms with E-state index in [1.54, 1.807) is 6.92 Å². The van der Waals surface area contributed by atoms with Gasteiger partial charge in [-0.15, -0.1) is 0 Å². The molecule has 0 saturated heterocycles. The SMILES string of the molecule is CC(C#N)=C(C#N)OC(C)(C)C. The number of nitrogens with zero attached hydrogens (tertiary/aromatic N) is 2. The molecule has 64 valence electrons. The van der Waals surface area contributed by atoms with Gasteiger partial charge in [0, 0.05) is 0 Å². The minimum atomic E-state index is -0.427. The van der Waals surface area contributed by atoms with Crippen LogP contribution in [0.5, 0.6) is 0 Å². The van der Waals surface area contributed by atoms with Crippen molar-refractivity contribution in [1.29, 1.82) is 10.5 Å². The van der Waals surface area contributed by atoms with Gasteiger partial charge in [0.1, 0.15) is 11.7 Å². The Labute approximate surface area is 72.9 Å². The number of nitriles is 2. The fourth-order valence-corrected chi connectivity index (χ4v) is 0.540. The van der Waals surface area contributed by atoms with Gasteiger partial charge in [-0.3, -0.25) is 0 Å². The van der Waals surface area contributed by atoms with E-state index in [0.717, 1.165) is 0 Å². The first-order valence-electron chi connectivity index (χ1n) is 3.61. The lowest BCUT2D eigenvalue weighted by Crippen LogP contribution is -2.18. The van der Waals surface area contributed by atoms with E-state index in [2.05, 4.69) is 0 Å². The number of rotatable bonds is 1. The lowest BCUT2D eigenvalue weighted by Gasteiger charge is -2.20. The van der Waals surface area contributed by atoms with Gasteiger partial charge >= 0.3 is 0 Å². The molecular weight excluding hydrogens is 152 g/mol. The fourth-order valence-electron chi connectivity index (χ4n) is 0.540. The van der Waals surface area contributed by atoms with Crippen LogP contribution in [-0.4, -0.2) is 5.60 Å². The van der Waals surface area contributed by atoms with Crippen LogP contribution in [0, 0.1) is 22.7 Å². The van der Waals surface area contributed by atoms with Crippen molar-refractivity contribution in [3.8, 4) is 12.1 Å². The summed E-state index contributed by atoms with van der Waals surface area (Å²) in [5.41, 5.74) is -0.115. The summed E-state index contributed by atoms with van der Waals surface area (Å²) in [7, 11) is 0. The number of hydrogen-bond acceptors (Lipinski definition) is 3. The molecule has 0 saturated carbocycles. The van der Waals surface area contributed by atoms with Gasteiger partial charge in [-0.25, -0.2) is 0 Å². The molecule has 0 aliphatic heterocycles. The smallest absolute Gasteiger partial charge is 0.211 e. The summed E-state index contributed by atoms with van der Waals surface area (Å²) >= 11 is 0. The molecule has 0 aliphatic rings. The van der Waals surface area contributed by atoms with Crippen LogP contribution in [0.1, 0.15) is 27.7 Å². The highest BCUT2D eigenvalue weighted by atomic mass is 16.5. The summed E-state index contributed by atoms with van der Waals surface area (Å²) < 4.78 is 5.24. The van der Waals surface area contributed by atoms with Crippen molar-refractivity contribution in [1.82, 2.24) is 0 Å². The molecule has 3 heteroatoms. The lowest BCUT2D eigenvalue weighted by atomic mass is 10.2. The summed E-state index contributed by atoms with van der Waals surface area (Å²) in [5, 5.41) is 17.1. The third-order valence-electron chi connectivity index (χ3n) is 1.02. The number of ether oxygens (including phenoxy) is 1. The topological polar surface area (TPSA) is 56.8 Å². The molecule has 3 nitrogen and oxygen atoms in total. The van der Waals surface area contributed by atoms with Gasteiger partial charge in [-0.2, -0.15) is 10.5 Å². The van der Waals surface area contributed by atoms with Crippen LogP contribution in [0.25, 0.3) is 0 Å². The minimum Gasteiger partial charge on any atom is -0.477 e. The maximum Gasteiger partial charge on any atom is 0.211 e. The van der Waals surface area contributed by atoms with Gasteiger partial charge in [-0.1, -0.05) is 0 Å². The highest BCUT2D eigenvalue weighted by molar-refractivity contribution is 5.30. The van der Waals surface area contributed by atoms with Crippen LogP contribution < -0.4 is 0 Å². The van der Waals surface area contributed by atoms with Crippen molar-refractivity contribution in [2.24, 2.45) is 0 Å². The molecule has 0 aromatic carbocycles. The third-order valence-corrected chi connectivity index (χ3v) is 1.02. The molecular formula is C9H12N2O. The molecule has 0 rings (SSSR count). The summed E-state index contributed by atoms with van der Waals surface area (Å²) in [6, 6.07) is 3.71. The normalized spacial score (nSPS) is 12.5. The molecule has 0 heterocycles. The van der Waals surface area contributed by atoms with Crippen molar-refractivity contribution < 1.29 is 4.74 Å². The van der Waals surface area contributed by atoms with Gasteiger partial charge in [-0.05, 0) is 27.7 Å². The van der Waals surface area contributed by atoms with Crippen molar-refractivity contribution in [3.63, 3.8) is 0 Å². The molecule has 0 atom stereocenters. The Morgan fingerprint density at radius 1 is 1.17 bits per heavy atom. The highest BCUT2D eigenvalue weighted by Crippen LogP contribution is 2.15. The monoisotopic (exact) mass is 164 g/mol. The Morgan fingerprint density at radius 2 is 1.67 bits per heavy atom. The van der Waals surface area contributed by atoms with E-state index in [-0.39, 0.29) is 5.76 Å². The predicted molar refractivity (Wildman–Crippen MR) is 44.8 cm³/mol. The molecule has 12 heavy (non-hydrogen) atoms. The average molecular weight is 164 g/mol. The average Bonchev–Trinajstić information content (AvgIpc) is 1.97. The first kappa shape index (κ1) is 10.5.